The summed E-state index contributed by atoms with van der Waals surface area (Å²) in [5.74, 6) is 0.480. The minimum Gasteiger partial charge on any atom is -0.493 e. The van der Waals surface area contributed by atoms with Crippen molar-refractivity contribution in [3.05, 3.63) is 72.1 Å². The molecule has 1 unspecified atom stereocenters. The molecule has 3 aromatic carbocycles. The van der Waals surface area contributed by atoms with Crippen LogP contribution in [0.1, 0.15) is 68.0 Å². The van der Waals surface area contributed by atoms with Crippen molar-refractivity contribution < 1.29 is 28.5 Å². The van der Waals surface area contributed by atoms with Gasteiger partial charge in [-0.1, -0.05) is 36.8 Å². The summed E-state index contributed by atoms with van der Waals surface area (Å²) in [5.41, 5.74) is 4.95. The number of carbonyl (C=O) groups is 2. The minimum atomic E-state index is -0.820. The zero-order chi connectivity index (χ0) is 31.3. The van der Waals surface area contributed by atoms with Gasteiger partial charge in [0, 0.05) is 11.1 Å². The largest absolute Gasteiger partial charge is 0.509 e. The zero-order valence-corrected chi connectivity index (χ0v) is 25.4. The minimum absolute atomic E-state index is 0.168. The summed E-state index contributed by atoms with van der Waals surface area (Å²) in [5, 5.41) is 14.5. The molecular weight excluding hydrogens is 576 g/mol. The smallest absolute Gasteiger partial charge is 0.493 e. The number of tetrazole rings is 1. The number of hydrogen-bond acceptors (Lipinski definition) is 10. The van der Waals surface area contributed by atoms with E-state index < -0.39 is 18.2 Å². The normalized spacial score (nSPS) is 14.2. The Hall–Kier alpha value is -5.26. The van der Waals surface area contributed by atoms with E-state index in [-0.39, 0.29) is 6.10 Å². The molecule has 1 atom stereocenters. The third kappa shape index (κ3) is 5.95. The number of esters is 1. The number of para-hydroxylation sites is 1. The fourth-order valence-corrected chi connectivity index (χ4v) is 5.98. The number of methoxy groups -OCH3 is 1. The van der Waals surface area contributed by atoms with Gasteiger partial charge in [0.25, 0.3) is 0 Å². The van der Waals surface area contributed by atoms with Crippen molar-refractivity contribution in [2.45, 2.75) is 58.2 Å². The van der Waals surface area contributed by atoms with Gasteiger partial charge in [-0.05, 0) is 79.8 Å². The highest BCUT2D eigenvalue weighted by molar-refractivity contribution is 6.02. The lowest BCUT2D eigenvalue weighted by Crippen LogP contribution is -2.23. The summed E-state index contributed by atoms with van der Waals surface area (Å²) in [4.78, 5) is 30.5. The predicted octanol–water partition coefficient (Wildman–Crippen LogP) is 6.60. The number of H-pyrrole nitrogens is 1. The van der Waals surface area contributed by atoms with Gasteiger partial charge in [0.15, 0.2) is 5.82 Å². The molecule has 1 fully saturated rings. The molecular formula is C33H34N6O6. The fourth-order valence-electron chi connectivity index (χ4n) is 5.98. The Labute approximate surface area is 259 Å². The first kappa shape index (κ1) is 29.8. The summed E-state index contributed by atoms with van der Waals surface area (Å²) in [6, 6.07) is 16.7. The quantitative estimate of drug-likeness (QED) is 0.181. The van der Waals surface area contributed by atoms with Crippen LogP contribution in [-0.4, -0.2) is 62.1 Å². The summed E-state index contributed by atoms with van der Waals surface area (Å²) < 4.78 is 24.9. The number of nitrogens with zero attached hydrogens (tertiary/aromatic N) is 5. The van der Waals surface area contributed by atoms with Gasteiger partial charge in [0.05, 0.1) is 41.6 Å². The molecule has 0 bridgehead atoms. The van der Waals surface area contributed by atoms with E-state index in [9.17, 15) is 9.59 Å². The van der Waals surface area contributed by atoms with Gasteiger partial charge >= 0.3 is 12.1 Å². The van der Waals surface area contributed by atoms with Crippen LogP contribution in [0.3, 0.4) is 0 Å². The molecule has 1 aliphatic rings. The molecule has 6 rings (SSSR count). The van der Waals surface area contributed by atoms with E-state index in [4.69, 9.17) is 18.9 Å². The van der Waals surface area contributed by atoms with Crippen molar-refractivity contribution >= 4 is 23.2 Å². The SMILES string of the molecule is CCOc1c(-c2ccccc2-c2nnn[nH]2)ccc(-n2cnc3cccc(C(=O)OC)c32)c1C(C)OC(=O)OC1CCCCC1. The Balaban J connectivity index is 1.54. The van der Waals surface area contributed by atoms with Crippen molar-refractivity contribution in [3.8, 4) is 34.0 Å². The molecule has 2 aromatic heterocycles. The second kappa shape index (κ2) is 13.2. The maximum Gasteiger partial charge on any atom is 0.509 e. The molecule has 1 aliphatic carbocycles. The van der Waals surface area contributed by atoms with Crippen LogP contribution in [0, 0.1) is 0 Å². The van der Waals surface area contributed by atoms with Crippen LogP contribution < -0.4 is 4.74 Å². The van der Waals surface area contributed by atoms with E-state index in [2.05, 4.69) is 25.6 Å². The van der Waals surface area contributed by atoms with E-state index in [0.717, 1.165) is 48.8 Å². The second-order valence-corrected chi connectivity index (χ2v) is 10.8. The summed E-state index contributed by atoms with van der Waals surface area (Å²) >= 11 is 0. The van der Waals surface area contributed by atoms with Gasteiger partial charge in [0.1, 0.15) is 24.3 Å². The zero-order valence-electron chi connectivity index (χ0n) is 25.4. The number of rotatable bonds is 9. The molecule has 45 heavy (non-hydrogen) atoms. The highest BCUT2D eigenvalue weighted by atomic mass is 16.7. The predicted molar refractivity (Wildman–Crippen MR) is 165 cm³/mol. The number of nitrogens with one attached hydrogen (secondary N) is 1. The fraction of sp³-hybridized carbons (Fsp3) is 0.333. The average Bonchev–Trinajstić information content (AvgIpc) is 3.76. The molecule has 2 heterocycles. The Morgan fingerprint density at radius 2 is 1.80 bits per heavy atom. The van der Waals surface area contributed by atoms with Crippen LogP contribution in [0.2, 0.25) is 0 Å². The first-order chi connectivity index (χ1) is 22.0. The first-order valence-electron chi connectivity index (χ1n) is 15.0. The number of aromatic nitrogens is 6. The van der Waals surface area contributed by atoms with Crippen molar-refractivity contribution in [1.29, 1.82) is 0 Å². The third-order valence-electron chi connectivity index (χ3n) is 8.01. The first-order valence-corrected chi connectivity index (χ1v) is 15.0. The van der Waals surface area contributed by atoms with Crippen molar-refractivity contribution in [3.63, 3.8) is 0 Å². The highest BCUT2D eigenvalue weighted by Gasteiger charge is 2.29. The molecule has 0 radical (unpaired) electrons. The number of ether oxygens (including phenoxy) is 4. The van der Waals surface area contributed by atoms with Gasteiger partial charge in [0.2, 0.25) is 0 Å². The number of hydrogen-bond donors (Lipinski definition) is 1. The lowest BCUT2D eigenvalue weighted by Gasteiger charge is -2.26. The van der Waals surface area contributed by atoms with Gasteiger partial charge in [-0.25, -0.2) is 19.7 Å². The molecule has 1 saturated carbocycles. The molecule has 232 valence electrons. The lowest BCUT2D eigenvalue weighted by atomic mass is 9.93. The summed E-state index contributed by atoms with van der Waals surface area (Å²) in [6.07, 6.45) is 4.71. The van der Waals surface area contributed by atoms with E-state index in [1.54, 1.807) is 30.0 Å². The lowest BCUT2D eigenvalue weighted by molar-refractivity contribution is -0.00792. The molecule has 0 spiro atoms. The number of imidazole rings is 1. The molecule has 0 amide bonds. The van der Waals surface area contributed by atoms with E-state index in [1.807, 2.05) is 49.4 Å². The maximum atomic E-state index is 13.1. The number of aromatic amines is 1. The third-order valence-corrected chi connectivity index (χ3v) is 8.01. The average molecular weight is 611 g/mol. The Bertz CT molecular complexity index is 1810. The molecule has 0 saturated heterocycles. The standard InChI is InChI=1S/C33H34N6O6/c1-4-43-30-23(22-13-8-9-14-24(22)31-35-37-38-36-31)17-18-27(28(30)20(2)44-33(41)45-21-11-6-5-7-12-21)39-19-34-26-16-10-15-25(29(26)39)32(40)42-3/h8-10,13-21H,4-7,11-12H2,1-3H3,(H,35,36,37,38). The van der Waals surface area contributed by atoms with Gasteiger partial charge < -0.3 is 18.9 Å². The molecule has 12 heteroatoms. The van der Waals surface area contributed by atoms with Crippen molar-refractivity contribution in [2.75, 3.05) is 13.7 Å². The van der Waals surface area contributed by atoms with Crippen LogP contribution >= 0.6 is 0 Å². The van der Waals surface area contributed by atoms with Crippen LogP contribution in [0.4, 0.5) is 4.79 Å². The van der Waals surface area contributed by atoms with Crippen molar-refractivity contribution in [2.24, 2.45) is 0 Å². The van der Waals surface area contributed by atoms with E-state index in [1.165, 1.54) is 7.11 Å². The topological polar surface area (TPSA) is 143 Å². The van der Waals surface area contributed by atoms with Crippen LogP contribution in [-0.2, 0) is 14.2 Å². The van der Waals surface area contributed by atoms with Crippen LogP contribution in [0.5, 0.6) is 5.75 Å². The molecule has 12 nitrogen and oxygen atoms in total. The van der Waals surface area contributed by atoms with Crippen molar-refractivity contribution in [1.82, 2.24) is 30.2 Å². The van der Waals surface area contributed by atoms with Gasteiger partial charge in [-0.15, -0.1) is 5.10 Å². The molecule has 1 N–H and O–H groups in total. The van der Waals surface area contributed by atoms with E-state index >= 15 is 0 Å². The Kier molecular flexibility index (Phi) is 8.72. The van der Waals surface area contributed by atoms with Gasteiger partial charge in [-0.3, -0.25) is 4.57 Å². The summed E-state index contributed by atoms with van der Waals surface area (Å²) in [6.45, 7) is 3.99. The summed E-state index contributed by atoms with van der Waals surface area (Å²) in [7, 11) is 1.34. The molecule has 0 aliphatic heterocycles. The Morgan fingerprint density at radius 3 is 2.53 bits per heavy atom. The molecule has 5 aromatic rings. The number of carbonyl (C=O) groups excluding carboxylic acids is 2. The monoisotopic (exact) mass is 610 g/mol. The number of benzene rings is 3. The van der Waals surface area contributed by atoms with Crippen LogP contribution in [0.25, 0.3) is 39.2 Å². The van der Waals surface area contributed by atoms with E-state index in [0.29, 0.717) is 46.0 Å². The highest BCUT2D eigenvalue weighted by Crippen LogP contribution is 2.44. The second-order valence-electron chi connectivity index (χ2n) is 10.8. The number of fused-ring (bicyclic) bond motifs is 1. The Morgan fingerprint density at radius 1 is 1.00 bits per heavy atom. The van der Waals surface area contributed by atoms with Crippen LogP contribution in [0.15, 0.2) is 60.9 Å². The van der Waals surface area contributed by atoms with Gasteiger partial charge in [-0.2, -0.15) is 0 Å². The maximum absolute atomic E-state index is 13.1.